The molecule has 0 heterocycles. The maximum absolute atomic E-state index is 12.9. The van der Waals surface area contributed by atoms with Crippen molar-refractivity contribution in [3.63, 3.8) is 0 Å². The average Bonchev–Trinajstić information content (AvgIpc) is 2.48. The summed E-state index contributed by atoms with van der Waals surface area (Å²) in [6, 6.07) is 10.3. The van der Waals surface area contributed by atoms with Crippen molar-refractivity contribution in [2.45, 2.75) is 13.1 Å². The summed E-state index contributed by atoms with van der Waals surface area (Å²) < 4.78 is 39.5. The van der Waals surface area contributed by atoms with Crippen LogP contribution in [0.1, 0.15) is 11.1 Å². The molecule has 3 nitrogen and oxygen atoms in total. The Morgan fingerprint density at radius 2 is 1.87 bits per heavy atom. The third kappa shape index (κ3) is 4.72. The number of halogens is 4. The summed E-state index contributed by atoms with van der Waals surface area (Å²) in [5, 5.41) is 5.16. The number of nitrogens with one attached hydrogen (secondary N) is 2. The van der Waals surface area contributed by atoms with Crippen LogP contribution in [0, 0.1) is 6.92 Å². The number of carbonyl (C=O) groups is 1. The number of benzene rings is 2. The van der Waals surface area contributed by atoms with Gasteiger partial charge in [0.2, 0.25) is 5.91 Å². The first-order valence-electron chi connectivity index (χ1n) is 6.73. The van der Waals surface area contributed by atoms with Gasteiger partial charge in [-0.1, -0.05) is 28.1 Å². The quantitative estimate of drug-likeness (QED) is 0.790. The molecule has 0 atom stereocenters. The van der Waals surface area contributed by atoms with Crippen molar-refractivity contribution in [1.29, 1.82) is 0 Å². The fourth-order valence-corrected chi connectivity index (χ4v) is 2.23. The fraction of sp³-hybridized carbons (Fsp3) is 0.188. The lowest BCUT2D eigenvalue weighted by atomic mass is 10.1. The van der Waals surface area contributed by atoms with Crippen molar-refractivity contribution in [2.24, 2.45) is 0 Å². The molecule has 0 fully saturated rings. The van der Waals surface area contributed by atoms with E-state index in [0.717, 1.165) is 16.1 Å². The molecule has 2 rings (SSSR count). The summed E-state index contributed by atoms with van der Waals surface area (Å²) in [6.45, 7) is 1.61. The highest BCUT2D eigenvalue weighted by atomic mass is 79.9. The molecule has 0 spiro atoms. The van der Waals surface area contributed by atoms with Crippen LogP contribution in [0.25, 0.3) is 0 Å². The minimum Gasteiger partial charge on any atom is -0.376 e. The number of carbonyl (C=O) groups excluding carboxylic acids is 1. The van der Waals surface area contributed by atoms with Gasteiger partial charge in [-0.25, -0.2) is 0 Å². The molecule has 0 aliphatic rings. The SMILES string of the molecule is Cc1cc(NC(=O)CNc2ccccc2C(F)(F)F)ccc1Br. The fourth-order valence-electron chi connectivity index (χ4n) is 1.99. The zero-order chi connectivity index (χ0) is 17.0. The van der Waals surface area contributed by atoms with Gasteiger partial charge in [-0.2, -0.15) is 13.2 Å². The molecule has 2 aromatic carbocycles. The summed E-state index contributed by atoms with van der Waals surface area (Å²) in [5.41, 5.74) is 0.606. The molecule has 23 heavy (non-hydrogen) atoms. The molecular formula is C16H14BrF3N2O. The van der Waals surface area contributed by atoms with Crippen LogP contribution in [0.2, 0.25) is 0 Å². The highest BCUT2D eigenvalue weighted by Crippen LogP contribution is 2.34. The first kappa shape index (κ1) is 17.3. The third-order valence-corrected chi connectivity index (χ3v) is 4.00. The zero-order valence-electron chi connectivity index (χ0n) is 12.2. The lowest BCUT2D eigenvalue weighted by Gasteiger charge is -2.14. The molecular weight excluding hydrogens is 373 g/mol. The zero-order valence-corrected chi connectivity index (χ0v) is 13.8. The van der Waals surface area contributed by atoms with E-state index in [1.807, 2.05) is 6.92 Å². The first-order chi connectivity index (χ1) is 10.8. The Kier molecular flexibility index (Phi) is 5.30. The molecule has 1 amide bonds. The second-order valence-electron chi connectivity index (χ2n) is 4.91. The van der Waals surface area contributed by atoms with Crippen molar-refractivity contribution in [1.82, 2.24) is 0 Å². The van der Waals surface area contributed by atoms with Crippen LogP contribution in [0.15, 0.2) is 46.9 Å². The molecule has 0 saturated carbocycles. The maximum Gasteiger partial charge on any atom is 0.418 e. The third-order valence-electron chi connectivity index (χ3n) is 3.11. The van der Waals surface area contributed by atoms with Gasteiger partial charge in [0.1, 0.15) is 0 Å². The van der Waals surface area contributed by atoms with Crippen LogP contribution in [0.4, 0.5) is 24.5 Å². The molecule has 7 heteroatoms. The maximum atomic E-state index is 12.9. The Balaban J connectivity index is 2.01. The Morgan fingerprint density at radius 1 is 1.17 bits per heavy atom. The van der Waals surface area contributed by atoms with E-state index in [1.165, 1.54) is 18.2 Å². The number of anilines is 2. The van der Waals surface area contributed by atoms with Gasteiger partial charge in [-0.15, -0.1) is 0 Å². The van der Waals surface area contributed by atoms with Gasteiger partial charge in [0.25, 0.3) is 0 Å². The van der Waals surface area contributed by atoms with Crippen molar-refractivity contribution < 1.29 is 18.0 Å². The molecule has 122 valence electrons. The number of rotatable bonds is 4. The predicted molar refractivity (Wildman–Crippen MR) is 87.4 cm³/mol. The van der Waals surface area contributed by atoms with Crippen molar-refractivity contribution >= 4 is 33.2 Å². The van der Waals surface area contributed by atoms with Crippen LogP contribution in [-0.2, 0) is 11.0 Å². The molecule has 0 radical (unpaired) electrons. The summed E-state index contributed by atoms with van der Waals surface area (Å²) >= 11 is 3.35. The van der Waals surface area contributed by atoms with E-state index in [9.17, 15) is 18.0 Å². The lowest BCUT2D eigenvalue weighted by molar-refractivity contribution is -0.137. The Bertz CT molecular complexity index is 717. The van der Waals surface area contributed by atoms with Crippen LogP contribution in [-0.4, -0.2) is 12.5 Å². The van der Waals surface area contributed by atoms with E-state index in [4.69, 9.17) is 0 Å². The second kappa shape index (κ2) is 7.04. The van der Waals surface area contributed by atoms with Crippen molar-refractivity contribution in [2.75, 3.05) is 17.2 Å². The molecule has 0 aromatic heterocycles. The second-order valence-corrected chi connectivity index (χ2v) is 5.76. The highest BCUT2D eigenvalue weighted by Gasteiger charge is 2.33. The summed E-state index contributed by atoms with van der Waals surface area (Å²) in [6.07, 6.45) is -4.47. The number of aryl methyl sites for hydroxylation is 1. The Labute approximate surface area is 140 Å². The minimum atomic E-state index is -4.47. The van der Waals surface area contributed by atoms with Gasteiger partial charge in [0.15, 0.2) is 0 Å². The average molecular weight is 387 g/mol. The topological polar surface area (TPSA) is 41.1 Å². The van der Waals surface area contributed by atoms with E-state index in [1.54, 1.807) is 18.2 Å². The van der Waals surface area contributed by atoms with E-state index in [-0.39, 0.29) is 12.2 Å². The first-order valence-corrected chi connectivity index (χ1v) is 7.53. The van der Waals surface area contributed by atoms with Gasteiger partial charge < -0.3 is 10.6 Å². The van der Waals surface area contributed by atoms with Crippen LogP contribution in [0.5, 0.6) is 0 Å². The van der Waals surface area contributed by atoms with Crippen LogP contribution < -0.4 is 10.6 Å². The van der Waals surface area contributed by atoms with Gasteiger partial charge in [-0.3, -0.25) is 4.79 Å². The number of para-hydroxylation sites is 1. The van der Waals surface area contributed by atoms with E-state index in [0.29, 0.717) is 5.69 Å². The van der Waals surface area contributed by atoms with Crippen molar-refractivity contribution in [3.05, 3.63) is 58.1 Å². The molecule has 0 unspecified atom stereocenters. The van der Waals surface area contributed by atoms with E-state index >= 15 is 0 Å². The largest absolute Gasteiger partial charge is 0.418 e. The standard InChI is InChI=1S/C16H14BrF3N2O/c1-10-8-11(6-7-13(10)17)22-15(23)9-21-14-5-3-2-4-12(14)16(18,19)20/h2-8,21H,9H2,1H3,(H,22,23). The Morgan fingerprint density at radius 3 is 2.52 bits per heavy atom. The Hall–Kier alpha value is -2.02. The molecule has 2 aromatic rings. The number of alkyl halides is 3. The lowest BCUT2D eigenvalue weighted by Crippen LogP contribution is -2.23. The van der Waals surface area contributed by atoms with Gasteiger partial charge in [-0.05, 0) is 42.8 Å². The van der Waals surface area contributed by atoms with Crippen molar-refractivity contribution in [3.8, 4) is 0 Å². The normalized spacial score (nSPS) is 11.2. The highest BCUT2D eigenvalue weighted by molar-refractivity contribution is 9.10. The van der Waals surface area contributed by atoms with Gasteiger partial charge in [0, 0.05) is 15.8 Å². The van der Waals surface area contributed by atoms with E-state index in [2.05, 4.69) is 26.6 Å². The molecule has 0 saturated heterocycles. The summed E-state index contributed by atoms with van der Waals surface area (Å²) in [5.74, 6) is -0.427. The van der Waals surface area contributed by atoms with E-state index < -0.39 is 17.6 Å². The monoisotopic (exact) mass is 386 g/mol. The smallest absolute Gasteiger partial charge is 0.376 e. The minimum absolute atomic E-state index is 0.123. The van der Waals surface area contributed by atoms with Crippen LogP contribution in [0.3, 0.4) is 0 Å². The molecule has 0 aliphatic heterocycles. The summed E-state index contributed by atoms with van der Waals surface area (Å²) in [4.78, 5) is 11.9. The van der Waals surface area contributed by atoms with Gasteiger partial charge in [0.05, 0.1) is 12.1 Å². The number of hydrogen-bond acceptors (Lipinski definition) is 2. The predicted octanol–water partition coefficient (Wildman–Crippen LogP) is 4.83. The number of amides is 1. The molecule has 0 bridgehead atoms. The molecule has 2 N–H and O–H groups in total. The summed E-state index contributed by atoms with van der Waals surface area (Å²) in [7, 11) is 0. The molecule has 0 aliphatic carbocycles. The number of hydrogen-bond donors (Lipinski definition) is 2. The van der Waals surface area contributed by atoms with Crippen LogP contribution >= 0.6 is 15.9 Å². The van der Waals surface area contributed by atoms with Gasteiger partial charge >= 0.3 is 6.18 Å².